The van der Waals surface area contributed by atoms with Crippen molar-refractivity contribution >= 4 is 26.8 Å². The third kappa shape index (κ3) is 4.96. The molecule has 0 aliphatic carbocycles. The van der Waals surface area contributed by atoms with E-state index in [0.29, 0.717) is 6.54 Å². The topological polar surface area (TPSA) is 105 Å². The highest BCUT2D eigenvalue weighted by molar-refractivity contribution is 7.89. The Bertz CT molecular complexity index is 1110. The molecule has 3 aromatic rings. The number of rotatable bonds is 7. The molecule has 0 aliphatic heterocycles. The molecule has 0 unspecified atom stereocenters. The number of benzene rings is 2. The number of primary sulfonamides is 1. The van der Waals surface area contributed by atoms with Gasteiger partial charge in [-0.15, -0.1) is 0 Å². The third-order valence-electron chi connectivity index (χ3n) is 4.58. The molecule has 0 saturated carbocycles. The predicted octanol–water partition coefficient (Wildman–Crippen LogP) is 2.97. The molecule has 0 aliphatic rings. The summed E-state index contributed by atoms with van der Waals surface area (Å²) in [4.78, 5) is 15.2. The average molecular weight is 403 g/mol. The van der Waals surface area contributed by atoms with Crippen molar-refractivity contribution in [1.82, 2.24) is 10.3 Å². The zero-order valence-electron chi connectivity index (χ0n) is 15.5. The summed E-state index contributed by atoms with van der Waals surface area (Å²) in [6.07, 6.45) is 0.304. The summed E-state index contributed by atoms with van der Waals surface area (Å²) in [5, 5.41) is 8.74. The molecule has 28 heavy (non-hydrogen) atoms. The molecule has 0 atom stereocenters. The summed E-state index contributed by atoms with van der Waals surface area (Å²) in [6.45, 7) is 2.34. The normalized spacial score (nSPS) is 11.7. The summed E-state index contributed by atoms with van der Waals surface area (Å²) >= 11 is 0. The van der Waals surface area contributed by atoms with E-state index >= 15 is 0 Å². The van der Waals surface area contributed by atoms with Crippen molar-refractivity contribution in [3.05, 3.63) is 59.4 Å². The largest absolute Gasteiger partial charge is 0.354 e. The maximum absolute atomic E-state index is 13.2. The lowest BCUT2D eigenvalue weighted by molar-refractivity contribution is -0.121. The zero-order valence-corrected chi connectivity index (χ0v) is 16.3. The lowest BCUT2D eigenvalue weighted by atomic mass is 10.0. The van der Waals surface area contributed by atoms with Gasteiger partial charge in [-0.2, -0.15) is 0 Å². The van der Waals surface area contributed by atoms with E-state index in [9.17, 15) is 17.6 Å². The first kappa shape index (κ1) is 20.0. The Morgan fingerprint density at radius 3 is 2.57 bits per heavy atom. The Hall–Kier alpha value is -2.71. The van der Waals surface area contributed by atoms with Gasteiger partial charge in [-0.1, -0.05) is 6.07 Å². The molecule has 1 amide bonds. The number of fused-ring (bicyclic) bond motifs is 1. The van der Waals surface area contributed by atoms with Gasteiger partial charge in [0, 0.05) is 29.6 Å². The van der Waals surface area contributed by atoms with Crippen LogP contribution in [-0.2, 0) is 21.4 Å². The molecule has 4 N–H and O–H groups in total. The maximum atomic E-state index is 13.2. The van der Waals surface area contributed by atoms with E-state index in [4.69, 9.17) is 5.14 Å². The van der Waals surface area contributed by atoms with Gasteiger partial charge in [0.25, 0.3) is 0 Å². The Balaban J connectivity index is 1.69. The fraction of sp³-hybridized carbons (Fsp3) is 0.250. The standard InChI is InChI=1S/C20H22FN3O3S/c1-13-17-11-14(12-23-19(25)3-2-10-28(22,26)27)4-9-18(17)24-20(13)15-5-7-16(21)8-6-15/h4-9,11,24H,2-3,10,12H2,1H3,(H,23,25)(H2,22,26,27). The van der Waals surface area contributed by atoms with Crippen LogP contribution < -0.4 is 10.5 Å². The molecule has 1 heterocycles. The molecular formula is C20H22FN3O3S. The zero-order chi connectivity index (χ0) is 20.3. The van der Waals surface area contributed by atoms with E-state index in [1.54, 1.807) is 12.1 Å². The van der Waals surface area contributed by atoms with Crippen LogP contribution in [0.2, 0.25) is 0 Å². The molecular weight excluding hydrogens is 381 g/mol. The SMILES string of the molecule is Cc1c(-c2ccc(F)cc2)[nH]c2ccc(CNC(=O)CCCS(N)(=O)=O)cc12. The van der Waals surface area contributed by atoms with Crippen LogP contribution in [0.4, 0.5) is 4.39 Å². The second-order valence-corrected chi connectivity index (χ2v) is 8.49. The van der Waals surface area contributed by atoms with Crippen molar-refractivity contribution in [2.45, 2.75) is 26.3 Å². The lowest BCUT2D eigenvalue weighted by Crippen LogP contribution is -2.24. The van der Waals surface area contributed by atoms with Crippen LogP contribution in [0.25, 0.3) is 22.2 Å². The molecule has 0 fully saturated rings. The van der Waals surface area contributed by atoms with Crippen LogP contribution >= 0.6 is 0 Å². The van der Waals surface area contributed by atoms with Gasteiger partial charge in [0.15, 0.2) is 0 Å². The molecule has 3 rings (SSSR count). The molecule has 0 bridgehead atoms. The number of hydrogen-bond acceptors (Lipinski definition) is 3. The number of aromatic nitrogens is 1. The van der Waals surface area contributed by atoms with Gasteiger partial charge in [-0.25, -0.2) is 17.9 Å². The molecule has 0 radical (unpaired) electrons. The monoisotopic (exact) mass is 403 g/mol. The van der Waals surface area contributed by atoms with Crippen molar-refractivity contribution in [3.8, 4) is 11.3 Å². The van der Waals surface area contributed by atoms with Crippen LogP contribution in [0.15, 0.2) is 42.5 Å². The summed E-state index contributed by atoms with van der Waals surface area (Å²) < 4.78 is 35.0. The summed E-state index contributed by atoms with van der Waals surface area (Å²) in [7, 11) is -3.54. The Morgan fingerprint density at radius 1 is 1.18 bits per heavy atom. The molecule has 1 aromatic heterocycles. The molecule has 148 valence electrons. The Morgan fingerprint density at radius 2 is 1.89 bits per heavy atom. The summed E-state index contributed by atoms with van der Waals surface area (Å²) in [5.41, 5.74) is 4.77. The number of hydrogen-bond donors (Lipinski definition) is 3. The van der Waals surface area contributed by atoms with E-state index < -0.39 is 10.0 Å². The molecule has 2 aromatic carbocycles. The molecule has 8 heteroatoms. The number of carbonyl (C=O) groups is 1. The van der Waals surface area contributed by atoms with Crippen LogP contribution in [0.5, 0.6) is 0 Å². The number of H-pyrrole nitrogens is 1. The van der Waals surface area contributed by atoms with Crippen molar-refractivity contribution in [1.29, 1.82) is 0 Å². The van der Waals surface area contributed by atoms with Gasteiger partial charge in [-0.05, 0) is 66.4 Å². The number of halogens is 1. The van der Waals surface area contributed by atoms with E-state index in [-0.39, 0.29) is 30.3 Å². The number of sulfonamides is 1. The van der Waals surface area contributed by atoms with Gasteiger partial charge in [-0.3, -0.25) is 4.79 Å². The number of aromatic amines is 1. The number of amides is 1. The van der Waals surface area contributed by atoms with Gasteiger partial charge in [0.05, 0.1) is 5.75 Å². The van der Waals surface area contributed by atoms with Crippen molar-refractivity contribution in [2.24, 2.45) is 5.14 Å². The van der Waals surface area contributed by atoms with E-state index in [0.717, 1.165) is 33.3 Å². The minimum atomic E-state index is -3.54. The minimum absolute atomic E-state index is 0.108. The Kier molecular flexibility index (Phi) is 5.81. The van der Waals surface area contributed by atoms with E-state index in [1.807, 2.05) is 25.1 Å². The van der Waals surface area contributed by atoms with Crippen molar-refractivity contribution in [3.63, 3.8) is 0 Å². The highest BCUT2D eigenvalue weighted by atomic mass is 32.2. The smallest absolute Gasteiger partial charge is 0.220 e. The second-order valence-electron chi connectivity index (χ2n) is 6.76. The molecule has 0 saturated heterocycles. The molecule has 0 spiro atoms. The number of carbonyl (C=O) groups excluding carboxylic acids is 1. The highest BCUT2D eigenvalue weighted by Gasteiger charge is 2.11. The predicted molar refractivity (Wildman–Crippen MR) is 107 cm³/mol. The minimum Gasteiger partial charge on any atom is -0.354 e. The van der Waals surface area contributed by atoms with E-state index in [1.165, 1.54) is 12.1 Å². The first-order chi connectivity index (χ1) is 13.2. The van der Waals surface area contributed by atoms with Crippen LogP contribution in [0.1, 0.15) is 24.0 Å². The van der Waals surface area contributed by atoms with Crippen LogP contribution in [0.3, 0.4) is 0 Å². The average Bonchev–Trinajstić information content (AvgIpc) is 2.96. The van der Waals surface area contributed by atoms with Crippen molar-refractivity contribution < 1.29 is 17.6 Å². The van der Waals surface area contributed by atoms with Crippen molar-refractivity contribution in [2.75, 3.05) is 5.75 Å². The van der Waals surface area contributed by atoms with E-state index in [2.05, 4.69) is 10.3 Å². The lowest BCUT2D eigenvalue weighted by Gasteiger charge is -2.06. The number of nitrogens with one attached hydrogen (secondary N) is 2. The van der Waals surface area contributed by atoms with Crippen LogP contribution in [-0.4, -0.2) is 25.1 Å². The highest BCUT2D eigenvalue weighted by Crippen LogP contribution is 2.30. The maximum Gasteiger partial charge on any atom is 0.220 e. The van der Waals surface area contributed by atoms with Gasteiger partial charge in [0.1, 0.15) is 5.82 Å². The quantitative estimate of drug-likeness (QED) is 0.565. The van der Waals surface area contributed by atoms with Crippen LogP contribution in [0, 0.1) is 12.7 Å². The third-order valence-corrected chi connectivity index (χ3v) is 5.44. The van der Waals surface area contributed by atoms with Gasteiger partial charge >= 0.3 is 0 Å². The second kappa shape index (κ2) is 8.12. The van der Waals surface area contributed by atoms with Gasteiger partial charge in [0.2, 0.25) is 15.9 Å². The number of nitrogens with two attached hydrogens (primary N) is 1. The van der Waals surface area contributed by atoms with Gasteiger partial charge < -0.3 is 10.3 Å². The Labute approximate surface area is 163 Å². The first-order valence-electron chi connectivity index (χ1n) is 8.87. The number of aryl methyl sites for hydroxylation is 1. The summed E-state index contributed by atoms with van der Waals surface area (Å²) in [6, 6.07) is 12.2. The summed E-state index contributed by atoms with van der Waals surface area (Å²) in [5.74, 6) is -0.706. The molecule has 6 nitrogen and oxygen atoms in total. The fourth-order valence-corrected chi connectivity index (χ4v) is 3.66. The first-order valence-corrected chi connectivity index (χ1v) is 10.6. The fourth-order valence-electron chi connectivity index (χ4n) is 3.11.